The molecular formula is C10H13F3N4S. The minimum absolute atomic E-state index is 0.162. The summed E-state index contributed by atoms with van der Waals surface area (Å²) in [7, 11) is 1.73. The molecule has 0 radical (unpaired) electrons. The number of halogens is 3. The maximum Gasteiger partial charge on any atom is 0.451 e. The Balaban J connectivity index is 2.29. The third-order valence-electron chi connectivity index (χ3n) is 2.80. The minimum atomic E-state index is -4.57. The first-order valence-electron chi connectivity index (χ1n) is 5.40. The molecule has 100 valence electrons. The van der Waals surface area contributed by atoms with Gasteiger partial charge < -0.3 is 10.6 Å². The molecule has 18 heavy (non-hydrogen) atoms. The van der Waals surface area contributed by atoms with Gasteiger partial charge in [0, 0.05) is 24.9 Å². The van der Waals surface area contributed by atoms with Gasteiger partial charge in [0.1, 0.15) is 11.6 Å². The number of thioether (sulfide) groups is 1. The monoisotopic (exact) mass is 278 g/mol. The quantitative estimate of drug-likeness (QED) is 0.897. The Kier molecular flexibility index (Phi) is 3.56. The highest BCUT2D eigenvalue weighted by molar-refractivity contribution is 7.99. The zero-order valence-electron chi connectivity index (χ0n) is 9.74. The molecule has 0 aromatic carbocycles. The lowest BCUT2D eigenvalue weighted by atomic mass is 10.2. The summed E-state index contributed by atoms with van der Waals surface area (Å²) in [5.41, 5.74) is 5.41. The lowest BCUT2D eigenvalue weighted by Gasteiger charge is -2.25. The molecule has 2 heterocycles. The van der Waals surface area contributed by atoms with Gasteiger partial charge in [-0.05, 0) is 12.2 Å². The van der Waals surface area contributed by atoms with Crippen molar-refractivity contribution < 1.29 is 13.2 Å². The lowest BCUT2D eigenvalue weighted by Crippen LogP contribution is -2.32. The Morgan fingerprint density at radius 2 is 2.17 bits per heavy atom. The topological polar surface area (TPSA) is 55.0 Å². The van der Waals surface area contributed by atoms with Gasteiger partial charge in [0.05, 0.1) is 0 Å². The molecule has 1 aliphatic rings. The van der Waals surface area contributed by atoms with Crippen molar-refractivity contribution in [3.8, 4) is 0 Å². The van der Waals surface area contributed by atoms with Crippen LogP contribution < -0.4 is 10.6 Å². The number of nitrogens with zero attached hydrogens (tertiary/aromatic N) is 3. The molecule has 8 heteroatoms. The first-order chi connectivity index (χ1) is 8.38. The van der Waals surface area contributed by atoms with Crippen LogP contribution in [0.25, 0.3) is 0 Å². The molecule has 0 bridgehead atoms. The second-order valence-electron chi connectivity index (χ2n) is 4.10. The number of nitrogen functional groups attached to an aromatic ring is 1. The second-order valence-corrected chi connectivity index (χ2v) is 5.25. The Morgan fingerprint density at radius 3 is 2.72 bits per heavy atom. The van der Waals surface area contributed by atoms with E-state index in [4.69, 9.17) is 5.73 Å². The van der Waals surface area contributed by atoms with Crippen molar-refractivity contribution in [2.45, 2.75) is 18.6 Å². The molecule has 1 saturated heterocycles. The van der Waals surface area contributed by atoms with Crippen LogP contribution >= 0.6 is 11.8 Å². The maximum atomic E-state index is 12.6. The van der Waals surface area contributed by atoms with Gasteiger partial charge in [-0.1, -0.05) is 0 Å². The van der Waals surface area contributed by atoms with Gasteiger partial charge >= 0.3 is 6.18 Å². The summed E-state index contributed by atoms with van der Waals surface area (Å²) in [6, 6.07) is 1.57. The molecule has 1 unspecified atom stereocenters. The van der Waals surface area contributed by atoms with Crippen molar-refractivity contribution in [1.29, 1.82) is 0 Å². The van der Waals surface area contributed by atoms with Gasteiger partial charge in [0.15, 0.2) is 0 Å². The number of aromatic nitrogens is 2. The zero-order valence-corrected chi connectivity index (χ0v) is 10.6. The van der Waals surface area contributed by atoms with Crippen molar-refractivity contribution in [3.63, 3.8) is 0 Å². The highest BCUT2D eigenvalue weighted by Crippen LogP contribution is 2.30. The SMILES string of the molecule is CN(c1cc(N)nc(C(F)(F)F)n1)C1CCSC1. The van der Waals surface area contributed by atoms with Gasteiger partial charge in [-0.25, -0.2) is 9.97 Å². The number of hydrogen-bond donors (Lipinski definition) is 1. The summed E-state index contributed by atoms with van der Waals surface area (Å²) in [4.78, 5) is 8.52. The predicted molar refractivity (Wildman–Crippen MR) is 65.6 cm³/mol. The Bertz CT molecular complexity index is 432. The highest BCUT2D eigenvalue weighted by atomic mass is 32.2. The van der Waals surface area contributed by atoms with E-state index < -0.39 is 12.0 Å². The van der Waals surface area contributed by atoms with Crippen molar-refractivity contribution in [1.82, 2.24) is 9.97 Å². The van der Waals surface area contributed by atoms with Gasteiger partial charge in [-0.15, -0.1) is 0 Å². The van der Waals surface area contributed by atoms with Crippen LogP contribution in [0.4, 0.5) is 24.8 Å². The first-order valence-corrected chi connectivity index (χ1v) is 6.55. The standard InChI is InChI=1S/C10H13F3N4S/c1-17(6-2-3-18-5-6)8-4-7(14)15-9(16-8)10(11,12)13/h4,6H,2-3,5H2,1H3,(H2,14,15,16). The fraction of sp³-hybridized carbons (Fsp3) is 0.600. The Morgan fingerprint density at radius 1 is 1.44 bits per heavy atom. The van der Waals surface area contributed by atoms with Crippen LogP contribution in [0.3, 0.4) is 0 Å². The van der Waals surface area contributed by atoms with Crippen LogP contribution in [0.5, 0.6) is 0 Å². The van der Waals surface area contributed by atoms with E-state index in [0.29, 0.717) is 0 Å². The van der Waals surface area contributed by atoms with Crippen molar-refractivity contribution in [2.75, 3.05) is 29.2 Å². The molecule has 1 fully saturated rings. The smallest absolute Gasteiger partial charge is 0.384 e. The van der Waals surface area contributed by atoms with Gasteiger partial charge in [-0.3, -0.25) is 0 Å². The second kappa shape index (κ2) is 4.83. The number of rotatable bonds is 2. The van der Waals surface area contributed by atoms with Crippen molar-refractivity contribution in [3.05, 3.63) is 11.9 Å². The first kappa shape index (κ1) is 13.3. The molecule has 1 aromatic heterocycles. The fourth-order valence-electron chi connectivity index (χ4n) is 1.77. The number of hydrogen-bond acceptors (Lipinski definition) is 5. The molecule has 1 aliphatic heterocycles. The van der Waals surface area contributed by atoms with E-state index in [1.165, 1.54) is 6.07 Å². The highest BCUT2D eigenvalue weighted by Gasteiger charge is 2.36. The largest absolute Gasteiger partial charge is 0.451 e. The van der Waals surface area contributed by atoms with Crippen LogP contribution in [0, 0.1) is 0 Å². The normalized spacial score (nSPS) is 20.1. The van der Waals surface area contributed by atoms with Crippen LogP contribution in [0.2, 0.25) is 0 Å². The van der Waals surface area contributed by atoms with E-state index in [-0.39, 0.29) is 17.7 Å². The van der Waals surface area contributed by atoms with Crippen molar-refractivity contribution >= 4 is 23.4 Å². The van der Waals surface area contributed by atoms with E-state index in [1.807, 2.05) is 0 Å². The molecule has 0 aliphatic carbocycles. The molecule has 4 nitrogen and oxygen atoms in total. The average molecular weight is 278 g/mol. The summed E-state index contributed by atoms with van der Waals surface area (Å²) in [5, 5.41) is 0. The molecule has 1 aromatic rings. The van der Waals surface area contributed by atoms with Crippen molar-refractivity contribution in [2.24, 2.45) is 0 Å². The lowest BCUT2D eigenvalue weighted by molar-refractivity contribution is -0.144. The van der Waals surface area contributed by atoms with E-state index >= 15 is 0 Å². The number of anilines is 2. The van der Waals surface area contributed by atoms with Gasteiger partial charge in [0.25, 0.3) is 0 Å². The molecule has 2 N–H and O–H groups in total. The summed E-state index contributed by atoms with van der Waals surface area (Å²) < 4.78 is 37.8. The van der Waals surface area contributed by atoms with Crippen LogP contribution in [-0.4, -0.2) is 34.6 Å². The third-order valence-corrected chi connectivity index (χ3v) is 3.95. The summed E-state index contributed by atoms with van der Waals surface area (Å²) in [6.07, 6.45) is -3.64. The number of alkyl halides is 3. The molecule has 2 rings (SSSR count). The number of nitrogens with two attached hydrogens (primary N) is 1. The molecular weight excluding hydrogens is 265 g/mol. The maximum absolute atomic E-state index is 12.6. The predicted octanol–water partition coefficient (Wildman–Crippen LogP) is 2.02. The molecule has 0 saturated carbocycles. The van der Waals surface area contributed by atoms with Gasteiger partial charge in [-0.2, -0.15) is 24.9 Å². The van der Waals surface area contributed by atoms with Gasteiger partial charge in [0.2, 0.25) is 5.82 Å². The van der Waals surface area contributed by atoms with E-state index in [0.717, 1.165) is 17.9 Å². The Labute approximate surface area is 107 Å². The average Bonchev–Trinajstić information content (AvgIpc) is 2.79. The van der Waals surface area contributed by atoms with Crippen LogP contribution in [0.1, 0.15) is 12.2 Å². The summed E-state index contributed by atoms with van der Waals surface area (Å²) in [6.45, 7) is 0. The van der Waals surface area contributed by atoms with Crippen LogP contribution in [0.15, 0.2) is 6.07 Å². The minimum Gasteiger partial charge on any atom is -0.384 e. The van der Waals surface area contributed by atoms with E-state index in [1.54, 1.807) is 23.7 Å². The van der Waals surface area contributed by atoms with Crippen LogP contribution in [-0.2, 0) is 6.18 Å². The summed E-state index contributed by atoms with van der Waals surface area (Å²) >= 11 is 1.78. The third kappa shape index (κ3) is 2.80. The zero-order chi connectivity index (χ0) is 13.3. The summed E-state index contributed by atoms with van der Waals surface area (Å²) in [5.74, 6) is 0.783. The molecule has 0 spiro atoms. The van der Waals surface area contributed by atoms with E-state index in [2.05, 4.69) is 9.97 Å². The molecule has 1 atom stereocenters. The molecule has 0 amide bonds. The fourth-order valence-corrected chi connectivity index (χ4v) is 3.04. The Hall–Kier alpha value is -1.18. The van der Waals surface area contributed by atoms with E-state index in [9.17, 15) is 13.2 Å².